The molecular weight excluding hydrogens is 295 g/mol. The van der Waals surface area contributed by atoms with E-state index < -0.39 is 0 Å². The molecule has 1 aromatic carbocycles. The third-order valence-electron chi connectivity index (χ3n) is 3.39. The van der Waals surface area contributed by atoms with E-state index >= 15 is 0 Å². The lowest BCUT2D eigenvalue weighted by atomic mass is 10.2. The Morgan fingerprint density at radius 2 is 2.06 bits per heavy atom. The van der Waals surface area contributed by atoms with Crippen molar-refractivity contribution in [3.05, 3.63) is 34.1 Å². The lowest BCUT2D eigenvalue weighted by Crippen LogP contribution is -2.25. The summed E-state index contributed by atoms with van der Waals surface area (Å²) in [5.74, 6) is -0.142. The molecule has 0 aliphatic carbocycles. The molecule has 0 aromatic heterocycles. The van der Waals surface area contributed by atoms with Crippen molar-refractivity contribution in [3.63, 3.8) is 0 Å². The Morgan fingerprint density at radius 1 is 1.28 bits per heavy atom. The molecule has 0 amide bonds. The summed E-state index contributed by atoms with van der Waals surface area (Å²) < 4.78 is 14.4. The molecule has 0 radical (unpaired) electrons. The molecule has 1 heterocycles. The largest absolute Gasteiger partial charge is 0.312 e. The predicted molar refractivity (Wildman–Crippen MR) is 76.1 cm³/mol. The van der Waals surface area contributed by atoms with E-state index in [0.29, 0.717) is 6.54 Å². The quantitative estimate of drug-likeness (QED) is 0.811. The summed E-state index contributed by atoms with van der Waals surface area (Å²) in [6.45, 7) is 5.19. The number of rotatable bonds is 6. The van der Waals surface area contributed by atoms with E-state index in [1.54, 1.807) is 6.07 Å². The summed E-state index contributed by atoms with van der Waals surface area (Å²) in [5, 5.41) is 3.31. The number of nitrogens with one attached hydrogen (secondary N) is 1. The Balaban J connectivity index is 1.65. The topological polar surface area (TPSA) is 15.3 Å². The monoisotopic (exact) mass is 314 g/mol. The highest BCUT2D eigenvalue weighted by Crippen LogP contribution is 2.19. The third-order valence-corrected chi connectivity index (χ3v) is 4.13. The average Bonchev–Trinajstić information content (AvgIpc) is 2.85. The molecule has 0 unspecified atom stereocenters. The average molecular weight is 315 g/mol. The number of benzene rings is 1. The van der Waals surface area contributed by atoms with Crippen LogP contribution in [0.4, 0.5) is 4.39 Å². The minimum Gasteiger partial charge on any atom is -0.312 e. The molecule has 1 N–H and O–H groups in total. The Bertz CT molecular complexity index is 358. The maximum atomic E-state index is 13.5. The fourth-order valence-electron chi connectivity index (χ4n) is 2.35. The molecule has 0 atom stereocenters. The van der Waals surface area contributed by atoms with E-state index in [1.165, 1.54) is 32.0 Å². The Morgan fingerprint density at radius 3 is 2.78 bits per heavy atom. The van der Waals surface area contributed by atoms with Crippen molar-refractivity contribution >= 4 is 15.9 Å². The van der Waals surface area contributed by atoms with E-state index in [-0.39, 0.29) is 5.82 Å². The highest BCUT2D eigenvalue weighted by atomic mass is 79.9. The van der Waals surface area contributed by atoms with Crippen LogP contribution in [0.25, 0.3) is 0 Å². The first-order valence-electron chi connectivity index (χ1n) is 6.63. The summed E-state index contributed by atoms with van der Waals surface area (Å²) in [7, 11) is 0. The van der Waals surface area contributed by atoms with Gasteiger partial charge in [-0.1, -0.05) is 22.0 Å². The zero-order valence-electron chi connectivity index (χ0n) is 10.6. The first kappa shape index (κ1) is 14.0. The minimum atomic E-state index is -0.142. The van der Waals surface area contributed by atoms with E-state index in [4.69, 9.17) is 0 Å². The van der Waals surface area contributed by atoms with Gasteiger partial charge < -0.3 is 10.2 Å². The number of likely N-dealkylation sites (tertiary alicyclic amines) is 1. The van der Waals surface area contributed by atoms with Gasteiger partial charge >= 0.3 is 0 Å². The molecule has 100 valence electrons. The molecule has 0 saturated carbocycles. The highest BCUT2D eigenvalue weighted by molar-refractivity contribution is 9.10. The molecule has 1 aromatic rings. The molecule has 2 nitrogen and oxygen atoms in total. The molecule has 18 heavy (non-hydrogen) atoms. The van der Waals surface area contributed by atoms with Crippen LogP contribution in [0.5, 0.6) is 0 Å². The SMILES string of the molecule is Fc1cccc(Br)c1CNCCCN1CCCC1. The fourth-order valence-corrected chi connectivity index (χ4v) is 2.83. The maximum absolute atomic E-state index is 13.5. The predicted octanol–water partition coefficient (Wildman–Crippen LogP) is 3.16. The highest BCUT2D eigenvalue weighted by Gasteiger charge is 2.10. The third kappa shape index (κ3) is 4.04. The van der Waals surface area contributed by atoms with E-state index in [1.807, 2.05) is 6.07 Å². The minimum absolute atomic E-state index is 0.142. The Labute approximate surface area is 117 Å². The van der Waals surface area contributed by atoms with Crippen molar-refractivity contribution in [2.24, 2.45) is 0 Å². The van der Waals surface area contributed by atoms with Crippen molar-refractivity contribution in [2.45, 2.75) is 25.8 Å². The van der Waals surface area contributed by atoms with Gasteiger partial charge in [0.25, 0.3) is 0 Å². The number of hydrogen-bond acceptors (Lipinski definition) is 2. The smallest absolute Gasteiger partial charge is 0.128 e. The molecule has 2 rings (SSSR count). The van der Waals surface area contributed by atoms with Crippen LogP contribution in [0.2, 0.25) is 0 Å². The molecule has 0 spiro atoms. The van der Waals surface area contributed by atoms with E-state index in [2.05, 4.69) is 26.1 Å². The van der Waals surface area contributed by atoms with Crippen molar-refractivity contribution in [1.29, 1.82) is 0 Å². The Hall–Kier alpha value is -0.450. The molecular formula is C14H20BrFN2. The van der Waals surface area contributed by atoms with Crippen LogP contribution >= 0.6 is 15.9 Å². The van der Waals surface area contributed by atoms with Gasteiger partial charge in [0.2, 0.25) is 0 Å². The second-order valence-corrected chi connectivity index (χ2v) is 5.63. The van der Waals surface area contributed by atoms with Gasteiger partial charge in [-0.15, -0.1) is 0 Å². The van der Waals surface area contributed by atoms with Crippen LogP contribution in [0.1, 0.15) is 24.8 Å². The summed E-state index contributed by atoms with van der Waals surface area (Å²) in [5.41, 5.74) is 0.721. The maximum Gasteiger partial charge on any atom is 0.128 e. The first-order chi connectivity index (χ1) is 8.77. The zero-order valence-corrected chi connectivity index (χ0v) is 12.2. The molecule has 1 saturated heterocycles. The van der Waals surface area contributed by atoms with Gasteiger partial charge in [-0.2, -0.15) is 0 Å². The van der Waals surface area contributed by atoms with Crippen LogP contribution in [-0.4, -0.2) is 31.1 Å². The number of nitrogens with zero attached hydrogens (tertiary/aromatic N) is 1. The number of halogens is 2. The van der Waals surface area contributed by atoms with E-state index in [9.17, 15) is 4.39 Å². The van der Waals surface area contributed by atoms with Crippen LogP contribution < -0.4 is 5.32 Å². The summed E-state index contributed by atoms with van der Waals surface area (Å²) in [6.07, 6.45) is 3.82. The molecule has 1 fully saturated rings. The van der Waals surface area contributed by atoms with Crippen molar-refractivity contribution in [1.82, 2.24) is 10.2 Å². The zero-order chi connectivity index (χ0) is 12.8. The lowest BCUT2D eigenvalue weighted by molar-refractivity contribution is 0.331. The van der Waals surface area contributed by atoms with Gasteiger partial charge in [-0.25, -0.2) is 4.39 Å². The van der Waals surface area contributed by atoms with Gasteiger partial charge in [-0.05, 0) is 57.6 Å². The van der Waals surface area contributed by atoms with Gasteiger partial charge in [-0.3, -0.25) is 0 Å². The summed E-state index contributed by atoms with van der Waals surface area (Å²) in [4.78, 5) is 2.50. The standard InChI is InChI=1S/C14H20BrFN2/c15-13-5-3-6-14(16)12(13)11-17-7-4-10-18-8-1-2-9-18/h3,5-6,17H,1-2,4,7-11H2. The van der Waals surface area contributed by atoms with Gasteiger partial charge in [0.15, 0.2) is 0 Å². The number of hydrogen-bond donors (Lipinski definition) is 1. The van der Waals surface area contributed by atoms with Crippen LogP contribution in [-0.2, 0) is 6.54 Å². The summed E-state index contributed by atoms with van der Waals surface area (Å²) in [6, 6.07) is 5.10. The first-order valence-corrected chi connectivity index (χ1v) is 7.42. The fraction of sp³-hybridized carbons (Fsp3) is 0.571. The van der Waals surface area contributed by atoms with Crippen molar-refractivity contribution in [2.75, 3.05) is 26.2 Å². The second kappa shape index (κ2) is 7.22. The van der Waals surface area contributed by atoms with Gasteiger partial charge in [0, 0.05) is 16.6 Å². The normalized spacial score (nSPS) is 16.3. The molecule has 4 heteroatoms. The lowest BCUT2D eigenvalue weighted by Gasteiger charge is -2.14. The molecule has 1 aliphatic rings. The Kier molecular flexibility index (Phi) is 5.60. The molecule has 0 bridgehead atoms. The van der Waals surface area contributed by atoms with Crippen molar-refractivity contribution < 1.29 is 4.39 Å². The van der Waals surface area contributed by atoms with Crippen LogP contribution in [0, 0.1) is 5.82 Å². The van der Waals surface area contributed by atoms with E-state index in [0.717, 1.165) is 29.5 Å². The van der Waals surface area contributed by atoms with Crippen LogP contribution in [0.15, 0.2) is 22.7 Å². The van der Waals surface area contributed by atoms with Crippen molar-refractivity contribution in [3.8, 4) is 0 Å². The summed E-state index contributed by atoms with van der Waals surface area (Å²) >= 11 is 3.38. The second-order valence-electron chi connectivity index (χ2n) is 4.78. The van der Waals surface area contributed by atoms with Gasteiger partial charge in [0.1, 0.15) is 5.82 Å². The molecule has 1 aliphatic heterocycles. The van der Waals surface area contributed by atoms with Gasteiger partial charge in [0.05, 0.1) is 0 Å². The van der Waals surface area contributed by atoms with Crippen LogP contribution in [0.3, 0.4) is 0 Å².